The van der Waals surface area contributed by atoms with Crippen molar-refractivity contribution < 1.29 is 8.42 Å². The van der Waals surface area contributed by atoms with E-state index in [-0.39, 0.29) is 42.3 Å². The Balaban J connectivity index is 0.00000450. The van der Waals surface area contributed by atoms with Gasteiger partial charge in [0.25, 0.3) is 0 Å². The summed E-state index contributed by atoms with van der Waals surface area (Å²) >= 11 is 0. The Hall–Kier alpha value is -1.14. The van der Waals surface area contributed by atoms with Crippen molar-refractivity contribution in [3.05, 3.63) is 24.4 Å². The third-order valence-corrected chi connectivity index (χ3v) is 6.90. The summed E-state index contributed by atoms with van der Waals surface area (Å²) in [5, 5.41) is 3.15. The molecule has 2 heterocycles. The number of aromatic nitrogens is 1. The summed E-state index contributed by atoms with van der Waals surface area (Å²) in [4.78, 5) is 10.6. The third kappa shape index (κ3) is 9.34. The Kier molecular flexibility index (Phi) is 11.9. The molecule has 1 unspecified atom stereocenters. The van der Waals surface area contributed by atoms with Gasteiger partial charge in [0.15, 0.2) is 5.96 Å². The Morgan fingerprint density at radius 1 is 1.20 bits per heavy atom. The Labute approximate surface area is 198 Å². The molecule has 2 rings (SSSR count). The molecule has 10 heteroatoms. The molecule has 1 atom stereocenters. The molecular formula is C20H37IN6O2S. The number of nitrogens with zero attached hydrogens (tertiary/aromatic N) is 4. The van der Waals surface area contributed by atoms with E-state index in [0.29, 0.717) is 38.1 Å². The Bertz CT molecular complexity index is 737. The van der Waals surface area contributed by atoms with Gasteiger partial charge in [0.1, 0.15) is 5.82 Å². The van der Waals surface area contributed by atoms with E-state index in [2.05, 4.69) is 41.0 Å². The zero-order valence-electron chi connectivity index (χ0n) is 18.3. The van der Waals surface area contributed by atoms with E-state index in [9.17, 15) is 8.42 Å². The van der Waals surface area contributed by atoms with Crippen molar-refractivity contribution in [2.45, 2.75) is 46.1 Å². The van der Waals surface area contributed by atoms with Crippen molar-refractivity contribution in [2.75, 3.05) is 43.4 Å². The monoisotopic (exact) mass is 552 g/mol. The average molecular weight is 553 g/mol. The summed E-state index contributed by atoms with van der Waals surface area (Å²) in [6.45, 7) is 8.86. The van der Waals surface area contributed by atoms with Crippen LogP contribution in [0, 0.1) is 5.92 Å². The first kappa shape index (κ1) is 26.9. The standard InChI is InChI=1S/C20H36N6O2S.HI/c1-17(2)7-6-8-18(3)24-20(21)23-11-16-29(27,28)26-14-12-25(13-15-26)19-9-4-5-10-22-19;/h4-5,9-10,17-18H,6-8,11-16H2,1-3H3,(H3,21,23,24);1H. The minimum Gasteiger partial charge on any atom is -0.370 e. The van der Waals surface area contributed by atoms with Crippen LogP contribution in [-0.4, -0.2) is 68.2 Å². The van der Waals surface area contributed by atoms with Gasteiger partial charge < -0.3 is 16.0 Å². The highest BCUT2D eigenvalue weighted by Crippen LogP contribution is 2.14. The lowest BCUT2D eigenvalue weighted by atomic mass is 10.0. The predicted molar refractivity (Wildman–Crippen MR) is 135 cm³/mol. The van der Waals surface area contributed by atoms with Gasteiger partial charge in [-0.1, -0.05) is 32.8 Å². The molecule has 30 heavy (non-hydrogen) atoms. The summed E-state index contributed by atoms with van der Waals surface area (Å²) in [6, 6.07) is 5.98. The number of nitrogens with one attached hydrogen (secondary N) is 1. The summed E-state index contributed by atoms with van der Waals surface area (Å²) < 4.78 is 26.7. The Morgan fingerprint density at radius 3 is 2.50 bits per heavy atom. The lowest BCUT2D eigenvalue weighted by Gasteiger charge is -2.34. The first-order valence-electron chi connectivity index (χ1n) is 10.5. The molecule has 1 aromatic heterocycles. The highest BCUT2D eigenvalue weighted by atomic mass is 127. The van der Waals surface area contributed by atoms with Crippen molar-refractivity contribution in [3.8, 4) is 0 Å². The summed E-state index contributed by atoms with van der Waals surface area (Å²) in [5.41, 5.74) is 5.91. The quantitative estimate of drug-likeness (QED) is 0.262. The molecule has 0 saturated carbocycles. The second-order valence-electron chi connectivity index (χ2n) is 8.03. The number of pyridine rings is 1. The lowest BCUT2D eigenvalue weighted by Crippen LogP contribution is -2.49. The fourth-order valence-electron chi connectivity index (χ4n) is 3.35. The summed E-state index contributed by atoms with van der Waals surface area (Å²) in [5.74, 6) is 1.87. The second kappa shape index (κ2) is 13.3. The topological polar surface area (TPSA) is 104 Å². The number of aliphatic imine (C=N–C) groups is 1. The van der Waals surface area contributed by atoms with E-state index in [0.717, 1.165) is 18.7 Å². The minimum atomic E-state index is -3.34. The van der Waals surface area contributed by atoms with Gasteiger partial charge in [0, 0.05) is 38.4 Å². The van der Waals surface area contributed by atoms with Gasteiger partial charge in [-0.3, -0.25) is 4.99 Å². The van der Waals surface area contributed by atoms with E-state index in [1.54, 1.807) is 10.5 Å². The predicted octanol–water partition coefficient (Wildman–Crippen LogP) is 2.27. The molecule has 0 aromatic carbocycles. The number of guanidine groups is 1. The third-order valence-electron chi connectivity index (χ3n) is 5.05. The van der Waals surface area contributed by atoms with Crippen LogP contribution in [-0.2, 0) is 10.0 Å². The van der Waals surface area contributed by atoms with Gasteiger partial charge in [-0.15, -0.1) is 24.0 Å². The van der Waals surface area contributed by atoms with Crippen LogP contribution in [0.5, 0.6) is 0 Å². The maximum atomic E-state index is 12.6. The number of piperazine rings is 1. The average Bonchev–Trinajstić information content (AvgIpc) is 2.68. The molecular weight excluding hydrogens is 515 g/mol. The summed E-state index contributed by atoms with van der Waals surface area (Å²) in [7, 11) is -3.34. The van der Waals surface area contributed by atoms with Crippen LogP contribution in [0.2, 0.25) is 0 Å². The molecule has 1 saturated heterocycles. The fraction of sp³-hybridized carbons (Fsp3) is 0.700. The van der Waals surface area contributed by atoms with Crippen molar-refractivity contribution >= 4 is 45.8 Å². The molecule has 0 bridgehead atoms. The number of nitrogens with two attached hydrogens (primary N) is 1. The van der Waals surface area contributed by atoms with Gasteiger partial charge in [0.05, 0.1) is 12.3 Å². The molecule has 1 aromatic rings. The number of rotatable bonds is 10. The van der Waals surface area contributed by atoms with E-state index in [4.69, 9.17) is 5.73 Å². The SMILES string of the molecule is CC(C)CCCC(C)NC(N)=NCCS(=O)(=O)N1CCN(c2ccccn2)CC1.I. The van der Waals surface area contributed by atoms with Gasteiger partial charge in [-0.05, 0) is 31.4 Å². The smallest absolute Gasteiger partial charge is 0.216 e. The molecule has 1 aliphatic heterocycles. The zero-order valence-corrected chi connectivity index (χ0v) is 21.5. The molecule has 8 nitrogen and oxygen atoms in total. The van der Waals surface area contributed by atoms with E-state index in [1.165, 1.54) is 6.42 Å². The van der Waals surface area contributed by atoms with Crippen molar-refractivity contribution in [1.29, 1.82) is 0 Å². The molecule has 0 aliphatic carbocycles. The number of halogens is 1. The normalized spacial score (nSPS) is 16.9. The molecule has 3 N–H and O–H groups in total. The maximum absolute atomic E-state index is 12.6. The number of hydrogen-bond donors (Lipinski definition) is 2. The van der Waals surface area contributed by atoms with Gasteiger partial charge in [-0.2, -0.15) is 4.31 Å². The summed E-state index contributed by atoms with van der Waals surface area (Å²) in [6.07, 6.45) is 5.10. The second-order valence-corrected chi connectivity index (χ2v) is 10.1. The molecule has 0 amide bonds. The Morgan fingerprint density at radius 2 is 1.90 bits per heavy atom. The minimum absolute atomic E-state index is 0. The van der Waals surface area contributed by atoms with Gasteiger partial charge in [-0.25, -0.2) is 13.4 Å². The number of anilines is 1. The first-order valence-corrected chi connectivity index (χ1v) is 12.1. The van der Waals surface area contributed by atoms with Crippen LogP contribution in [0.3, 0.4) is 0 Å². The van der Waals surface area contributed by atoms with Crippen molar-refractivity contribution in [1.82, 2.24) is 14.6 Å². The molecule has 1 aliphatic rings. The lowest BCUT2D eigenvalue weighted by molar-refractivity contribution is 0.384. The fourth-order valence-corrected chi connectivity index (χ4v) is 4.65. The van der Waals surface area contributed by atoms with Crippen LogP contribution in [0.15, 0.2) is 29.4 Å². The molecule has 0 spiro atoms. The van der Waals surface area contributed by atoms with Crippen LogP contribution in [0.25, 0.3) is 0 Å². The van der Waals surface area contributed by atoms with Gasteiger partial charge in [0.2, 0.25) is 10.0 Å². The number of hydrogen-bond acceptors (Lipinski definition) is 5. The van der Waals surface area contributed by atoms with Crippen LogP contribution >= 0.6 is 24.0 Å². The molecule has 172 valence electrons. The van der Waals surface area contributed by atoms with Crippen LogP contribution in [0.1, 0.15) is 40.0 Å². The maximum Gasteiger partial charge on any atom is 0.216 e. The van der Waals surface area contributed by atoms with E-state index in [1.807, 2.05) is 18.2 Å². The van der Waals surface area contributed by atoms with Crippen LogP contribution in [0.4, 0.5) is 5.82 Å². The number of sulfonamides is 1. The molecule has 0 radical (unpaired) electrons. The van der Waals surface area contributed by atoms with Gasteiger partial charge >= 0.3 is 0 Å². The van der Waals surface area contributed by atoms with Crippen molar-refractivity contribution in [2.24, 2.45) is 16.6 Å². The van der Waals surface area contributed by atoms with Crippen LogP contribution < -0.4 is 16.0 Å². The highest BCUT2D eigenvalue weighted by Gasteiger charge is 2.27. The van der Waals surface area contributed by atoms with Crippen molar-refractivity contribution in [3.63, 3.8) is 0 Å². The van der Waals surface area contributed by atoms with E-state index >= 15 is 0 Å². The largest absolute Gasteiger partial charge is 0.370 e. The van der Waals surface area contributed by atoms with E-state index < -0.39 is 10.0 Å². The highest BCUT2D eigenvalue weighted by molar-refractivity contribution is 14.0. The first-order chi connectivity index (χ1) is 13.8. The zero-order chi connectivity index (χ0) is 21.3. The molecule has 1 fully saturated rings.